The quantitative estimate of drug-likeness (QED) is 0.346. The minimum atomic E-state index is -0.498. The average Bonchev–Trinajstić information content (AvgIpc) is 3.32. The molecule has 4 aromatic rings. The number of rotatable bonds is 8. The van der Waals surface area contributed by atoms with Crippen molar-refractivity contribution in [2.24, 2.45) is 0 Å². The second-order valence-corrected chi connectivity index (χ2v) is 8.91. The SMILES string of the molecule is COc1cc(C2CCN(CCO)C[C@H]2O)ccc1Nc1ncc2ccc(-c3ccccc3OC)n2n1. The summed E-state index contributed by atoms with van der Waals surface area (Å²) >= 11 is 0. The standard InChI is InChI=1S/C27H31N5O4/c1-35-25-6-4-3-5-21(25)23-10-8-19-16-28-27(30-32(19)23)29-22-9-7-18(15-26(22)36-2)20-11-12-31(13-14-33)17-24(20)34/h3-10,15-16,20,24,33-34H,11-14,17H2,1-2H3,(H,29,30)/t20?,24-/m1/s1. The van der Waals surface area contributed by atoms with Gasteiger partial charge >= 0.3 is 0 Å². The fourth-order valence-corrected chi connectivity index (χ4v) is 4.91. The van der Waals surface area contributed by atoms with E-state index in [1.807, 2.05) is 59.1 Å². The maximum absolute atomic E-state index is 10.7. The Hall–Kier alpha value is -3.66. The van der Waals surface area contributed by atoms with Gasteiger partial charge in [0.2, 0.25) is 5.95 Å². The molecule has 2 aromatic heterocycles. The molecule has 0 aliphatic carbocycles. The minimum Gasteiger partial charge on any atom is -0.496 e. The maximum Gasteiger partial charge on any atom is 0.245 e. The lowest BCUT2D eigenvalue weighted by Gasteiger charge is -2.36. The van der Waals surface area contributed by atoms with Crippen LogP contribution in [0.15, 0.2) is 60.8 Å². The van der Waals surface area contributed by atoms with E-state index in [1.165, 1.54) is 0 Å². The van der Waals surface area contributed by atoms with Crippen LogP contribution in [0.4, 0.5) is 11.6 Å². The van der Waals surface area contributed by atoms with Crippen LogP contribution in [0.5, 0.6) is 11.5 Å². The van der Waals surface area contributed by atoms with Crippen molar-refractivity contribution in [3.8, 4) is 22.8 Å². The lowest BCUT2D eigenvalue weighted by atomic mass is 9.87. The van der Waals surface area contributed by atoms with Crippen molar-refractivity contribution in [2.75, 3.05) is 45.8 Å². The molecule has 36 heavy (non-hydrogen) atoms. The zero-order chi connectivity index (χ0) is 25.1. The van der Waals surface area contributed by atoms with Crippen molar-refractivity contribution in [1.29, 1.82) is 0 Å². The summed E-state index contributed by atoms with van der Waals surface area (Å²) in [6.45, 7) is 2.07. The Kier molecular flexibility index (Phi) is 7.04. The van der Waals surface area contributed by atoms with Gasteiger partial charge in [0, 0.05) is 24.6 Å². The van der Waals surface area contributed by atoms with E-state index in [0.717, 1.165) is 46.7 Å². The molecule has 1 unspecified atom stereocenters. The van der Waals surface area contributed by atoms with Crippen molar-refractivity contribution < 1.29 is 19.7 Å². The third-order valence-corrected chi connectivity index (χ3v) is 6.76. The number of benzene rings is 2. The molecule has 1 saturated heterocycles. The summed E-state index contributed by atoms with van der Waals surface area (Å²) in [6, 6.07) is 17.7. The van der Waals surface area contributed by atoms with E-state index in [9.17, 15) is 10.2 Å². The summed E-state index contributed by atoms with van der Waals surface area (Å²) < 4.78 is 13.1. The molecule has 1 aliphatic heterocycles. The molecule has 2 atom stereocenters. The first kappa shape index (κ1) is 24.1. The van der Waals surface area contributed by atoms with E-state index >= 15 is 0 Å². The third-order valence-electron chi connectivity index (χ3n) is 6.76. The number of piperidine rings is 1. The van der Waals surface area contributed by atoms with Crippen molar-refractivity contribution >= 4 is 17.2 Å². The van der Waals surface area contributed by atoms with Crippen LogP contribution in [0.25, 0.3) is 16.8 Å². The molecule has 1 fully saturated rings. The number of aromatic nitrogens is 3. The zero-order valence-corrected chi connectivity index (χ0v) is 20.5. The fourth-order valence-electron chi connectivity index (χ4n) is 4.91. The molecule has 0 spiro atoms. The Morgan fingerprint density at radius 1 is 1.06 bits per heavy atom. The van der Waals surface area contributed by atoms with Gasteiger partial charge in [-0.1, -0.05) is 18.2 Å². The van der Waals surface area contributed by atoms with Gasteiger partial charge in [0.05, 0.1) is 50.0 Å². The first-order chi connectivity index (χ1) is 17.6. The Balaban J connectivity index is 1.40. The van der Waals surface area contributed by atoms with Crippen LogP contribution in [0, 0.1) is 0 Å². The van der Waals surface area contributed by atoms with Crippen molar-refractivity contribution in [1.82, 2.24) is 19.5 Å². The van der Waals surface area contributed by atoms with Gasteiger partial charge in [-0.25, -0.2) is 9.50 Å². The van der Waals surface area contributed by atoms with Gasteiger partial charge in [-0.05, 0) is 54.9 Å². The highest BCUT2D eigenvalue weighted by atomic mass is 16.5. The van der Waals surface area contributed by atoms with Crippen molar-refractivity contribution in [2.45, 2.75) is 18.4 Å². The van der Waals surface area contributed by atoms with E-state index in [1.54, 1.807) is 20.4 Å². The van der Waals surface area contributed by atoms with Crippen LogP contribution < -0.4 is 14.8 Å². The summed E-state index contributed by atoms with van der Waals surface area (Å²) in [5, 5.41) is 27.9. The van der Waals surface area contributed by atoms with Gasteiger partial charge in [-0.3, -0.25) is 4.90 Å². The summed E-state index contributed by atoms with van der Waals surface area (Å²) in [5.74, 6) is 1.86. The van der Waals surface area contributed by atoms with Crippen LogP contribution in [0.3, 0.4) is 0 Å². The number of nitrogens with one attached hydrogen (secondary N) is 1. The Morgan fingerprint density at radius 3 is 2.67 bits per heavy atom. The maximum atomic E-state index is 10.7. The molecule has 0 bridgehead atoms. The second kappa shape index (κ2) is 10.5. The van der Waals surface area contributed by atoms with E-state index in [0.29, 0.717) is 24.8 Å². The number of fused-ring (bicyclic) bond motifs is 1. The summed E-state index contributed by atoms with van der Waals surface area (Å²) in [6.07, 6.45) is 2.09. The molecule has 9 nitrogen and oxygen atoms in total. The molecule has 0 amide bonds. The first-order valence-electron chi connectivity index (χ1n) is 12.1. The molecule has 3 heterocycles. The van der Waals surface area contributed by atoms with Gasteiger partial charge in [0.25, 0.3) is 0 Å². The van der Waals surface area contributed by atoms with Crippen molar-refractivity contribution in [3.05, 3.63) is 66.4 Å². The van der Waals surface area contributed by atoms with Crippen LogP contribution in [-0.2, 0) is 0 Å². The lowest BCUT2D eigenvalue weighted by Crippen LogP contribution is -2.43. The van der Waals surface area contributed by atoms with Crippen LogP contribution in [-0.4, -0.2) is 76.3 Å². The van der Waals surface area contributed by atoms with Crippen LogP contribution in [0.1, 0.15) is 17.9 Å². The van der Waals surface area contributed by atoms with Crippen LogP contribution >= 0.6 is 0 Å². The molecule has 3 N–H and O–H groups in total. The number of nitrogens with zero attached hydrogens (tertiary/aromatic N) is 4. The molecule has 5 rings (SSSR count). The van der Waals surface area contributed by atoms with Crippen molar-refractivity contribution in [3.63, 3.8) is 0 Å². The number of hydrogen-bond donors (Lipinski definition) is 3. The highest BCUT2D eigenvalue weighted by molar-refractivity contribution is 5.72. The summed E-state index contributed by atoms with van der Waals surface area (Å²) in [7, 11) is 3.28. The Labute approximate surface area is 209 Å². The molecular formula is C27H31N5O4. The third kappa shape index (κ3) is 4.73. The number of hydrogen-bond acceptors (Lipinski definition) is 8. The number of likely N-dealkylation sites (tertiary alicyclic amines) is 1. The van der Waals surface area contributed by atoms with E-state index in [4.69, 9.17) is 14.6 Å². The van der Waals surface area contributed by atoms with E-state index < -0.39 is 6.10 Å². The molecular weight excluding hydrogens is 458 g/mol. The number of aliphatic hydroxyl groups excluding tert-OH is 2. The highest BCUT2D eigenvalue weighted by Crippen LogP contribution is 2.35. The zero-order valence-electron chi connectivity index (χ0n) is 20.5. The number of aliphatic hydroxyl groups is 2. The molecule has 0 saturated carbocycles. The number of para-hydroxylation sites is 1. The Morgan fingerprint density at radius 2 is 1.89 bits per heavy atom. The predicted molar refractivity (Wildman–Crippen MR) is 138 cm³/mol. The normalized spacial score (nSPS) is 18.3. The Bertz CT molecular complexity index is 1340. The molecule has 1 aliphatic rings. The van der Waals surface area contributed by atoms with Gasteiger partial charge in [-0.15, -0.1) is 5.10 Å². The number of methoxy groups -OCH3 is 2. The number of ether oxygens (including phenoxy) is 2. The van der Waals surface area contributed by atoms with Crippen LogP contribution in [0.2, 0.25) is 0 Å². The topological polar surface area (TPSA) is 104 Å². The van der Waals surface area contributed by atoms with E-state index in [2.05, 4.69) is 15.2 Å². The fraction of sp³-hybridized carbons (Fsp3) is 0.333. The smallest absolute Gasteiger partial charge is 0.245 e. The highest BCUT2D eigenvalue weighted by Gasteiger charge is 2.29. The second-order valence-electron chi connectivity index (χ2n) is 8.91. The molecule has 0 radical (unpaired) electrons. The predicted octanol–water partition coefficient (Wildman–Crippen LogP) is 3.30. The summed E-state index contributed by atoms with van der Waals surface area (Å²) in [5.41, 5.74) is 4.46. The largest absolute Gasteiger partial charge is 0.496 e. The molecule has 9 heteroatoms. The number of anilines is 2. The number of β-amino-alcohol motifs (C(OH)–C–C–N with tert-alkyl or cyclic N) is 2. The van der Waals surface area contributed by atoms with Gasteiger partial charge in [-0.2, -0.15) is 0 Å². The molecule has 188 valence electrons. The minimum absolute atomic E-state index is 0.0128. The first-order valence-corrected chi connectivity index (χ1v) is 12.1. The van der Waals surface area contributed by atoms with Gasteiger partial charge in [0.15, 0.2) is 0 Å². The summed E-state index contributed by atoms with van der Waals surface area (Å²) in [4.78, 5) is 6.57. The van der Waals surface area contributed by atoms with Gasteiger partial charge < -0.3 is 25.0 Å². The van der Waals surface area contributed by atoms with E-state index in [-0.39, 0.29) is 12.5 Å². The monoisotopic (exact) mass is 489 g/mol. The average molecular weight is 490 g/mol. The molecule has 2 aromatic carbocycles. The van der Waals surface area contributed by atoms with Gasteiger partial charge in [0.1, 0.15) is 11.5 Å². The lowest BCUT2D eigenvalue weighted by molar-refractivity contribution is 0.0434.